The summed E-state index contributed by atoms with van der Waals surface area (Å²) in [5, 5.41) is 0. The van der Waals surface area contributed by atoms with E-state index >= 15 is 0 Å². The number of Topliss-reactive ketones (excluding diaryl/α,β-unsaturated/α-hetero) is 1. The molecule has 0 aromatic heterocycles. The number of ketones is 1. The van der Waals surface area contributed by atoms with Crippen molar-refractivity contribution in [2.75, 3.05) is 6.54 Å². The second-order valence-electron chi connectivity index (χ2n) is 4.67. The molecule has 0 bridgehead atoms. The van der Waals surface area contributed by atoms with Crippen LogP contribution in [0.1, 0.15) is 40.5 Å². The quantitative estimate of drug-likeness (QED) is 0.714. The van der Waals surface area contributed by atoms with Crippen molar-refractivity contribution in [3.05, 3.63) is 0 Å². The van der Waals surface area contributed by atoms with Crippen LogP contribution in [0.15, 0.2) is 0 Å². The third kappa shape index (κ3) is 2.39. The van der Waals surface area contributed by atoms with Gasteiger partial charge in [-0.1, -0.05) is 27.2 Å². The van der Waals surface area contributed by atoms with E-state index in [4.69, 9.17) is 0 Å². The maximum atomic E-state index is 12.0. The van der Waals surface area contributed by atoms with Crippen LogP contribution in [-0.2, 0) is 9.59 Å². The summed E-state index contributed by atoms with van der Waals surface area (Å²) in [7, 11) is 0. The summed E-state index contributed by atoms with van der Waals surface area (Å²) in [6, 6.07) is -0.160. The summed E-state index contributed by atoms with van der Waals surface area (Å²) in [5.74, 6) is 0.632. The molecule has 0 saturated carbocycles. The van der Waals surface area contributed by atoms with Gasteiger partial charge in [-0.15, -0.1) is 0 Å². The second kappa shape index (κ2) is 4.77. The number of likely N-dealkylation sites (tertiary alicyclic amines) is 1. The average molecular weight is 211 g/mol. The largest absolute Gasteiger partial charge is 0.333 e. The van der Waals surface area contributed by atoms with Gasteiger partial charge >= 0.3 is 0 Å². The van der Waals surface area contributed by atoms with E-state index in [0.717, 1.165) is 19.4 Å². The number of hydrogen-bond acceptors (Lipinski definition) is 2. The molecule has 0 radical (unpaired) electrons. The van der Waals surface area contributed by atoms with E-state index in [0.29, 0.717) is 5.92 Å². The molecule has 1 saturated heterocycles. The molecule has 1 fully saturated rings. The minimum absolute atomic E-state index is 0.0176. The van der Waals surface area contributed by atoms with Crippen molar-refractivity contribution in [2.24, 2.45) is 11.8 Å². The van der Waals surface area contributed by atoms with Gasteiger partial charge in [0, 0.05) is 19.4 Å². The Morgan fingerprint density at radius 2 is 2.00 bits per heavy atom. The van der Waals surface area contributed by atoms with Crippen molar-refractivity contribution >= 4 is 11.7 Å². The molecule has 0 N–H and O–H groups in total. The normalized spacial score (nSPS) is 26.1. The Hall–Kier alpha value is -0.860. The zero-order valence-electron chi connectivity index (χ0n) is 10.1. The number of amides is 1. The van der Waals surface area contributed by atoms with Crippen LogP contribution in [0.3, 0.4) is 0 Å². The van der Waals surface area contributed by atoms with Crippen molar-refractivity contribution in [3.8, 4) is 0 Å². The molecule has 2 atom stereocenters. The van der Waals surface area contributed by atoms with Crippen LogP contribution in [0.25, 0.3) is 0 Å². The van der Waals surface area contributed by atoms with Gasteiger partial charge in [-0.3, -0.25) is 9.59 Å². The highest BCUT2D eigenvalue weighted by molar-refractivity contribution is 5.90. The third-order valence-electron chi connectivity index (χ3n) is 3.31. The van der Waals surface area contributed by atoms with Crippen molar-refractivity contribution in [1.82, 2.24) is 4.90 Å². The molecule has 0 unspecified atom stereocenters. The van der Waals surface area contributed by atoms with Crippen LogP contribution in [0, 0.1) is 11.8 Å². The second-order valence-corrected chi connectivity index (χ2v) is 4.67. The molecule has 0 aromatic rings. The summed E-state index contributed by atoms with van der Waals surface area (Å²) >= 11 is 0. The predicted octanol–water partition coefficient (Wildman–Crippen LogP) is 1.86. The number of hydrogen-bond donors (Lipinski definition) is 0. The highest BCUT2D eigenvalue weighted by Crippen LogP contribution is 2.29. The van der Waals surface area contributed by atoms with Gasteiger partial charge in [0.1, 0.15) is 0 Å². The average Bonchev–Trinajstić information content (AvgIpc) is 2.59. The van der Waals surface area contributed by atoms with Crippen LogP contribution >= 0.6 is 0 Å². The topological polar surface area (TPSA) is 37.4 Å². The van der Waals surface area contributed by atoms with Crippen LogP contribution in [0.4, 0.5) is 0 Å². The lowest BCUT2D eigenvalue weighted by Crippen LogP contribution is -2.44. The van der Waals surface area contributed by atoms with Gasteiger partial charge in [0.2, 0.25) is 5.91 Å². The maximum absolute atomic E-state index is 12.0. The van der Waals surface area contributed by atoms with Crippen molar-refractivity contribution in [1.29, 1.82) is 0 Å². The molecule has 0 spiro atoms. The fourth-order valence-electron chi connectivity index (χ4n) is 2.36. The highest BCUT2D eigenvalue weighted by Gasteiger charge is 2.39. The van der Waals surface area contributed by atoms with Gasteiger partial charge in [-0.2, -0.15) is 0 Å². The Morgan fingerprint density at radius 3 is 2.40 bits per heavy atom. The molecule has 15 heavy (non-hydrogen) atoms. The van der Waals surface area contributed by atoms with E-state index in [1.807, 2.05) is 13.8 Å². The zero-order chi connectivity index (χ0) is 11.6. The lowest BCUT2D eigenvalue weighted by atomic mass is 9.89. The molecule has 0 aromatic carbocycles. The monoisotopic (exact) mass is 211 g/mol. The number of carbonyl (C=O) groups is 2. The fraction of sp³-hybridized carbons (Fsp3) is 0.833. The van der Waals surface area contributed by atoms with E-state index in [1.54, 1.807) is 11.8 Å². The van der Waals surface area contributed by atoms with E-state index in [9.17, 15) is 9.59 Å². The van der Waals surface area contributed by atoms with Crippen molar-refractivity contribution < 1.29 is 9.59 Å². The van der Waals surface area contributed by atoms with E-state index < -0.39 is 0 Å². The molecule has 1 rings (SSSR count). The first-order chi connectivity index (χ1) is 6.99. The lowest BCUT2D eigenvalue weighted by Gasteiger charge is -2.27. The van der Waals surface area contributed by atoms with Gasteiger partial charge in [0.15, 0.2) is 5.78 Å². The van der Waals surface area contributed by atoms with E-state index in [2.05, 4.69) is 6.92 Å². The van der Waals surface area contributed by atoms with Gasteiger partial charge in [0.25, 0.3) is 0 Å². The summed E-state index contributed by atoms with van der Waals surface area (Å²) in [6.07, 6.45) is 1.95. The summed E-state index contributed by atoms with van der Waals surface area (Å²) in [5.41, 5.74) is 0. The van der Waals surface area contributed by atoms with Crippen molar-refractivity contribution in [2.45, 2.75) is 46.6 Å². The SMILES string of the molecule is CC[C@@H]1CCN(C(C)=O)[C@@H]1C(=O)C(C)C. The molecular weight excluding hydrogens is 190 g/mol. The van der Waals surface area contributed by atoms with Crippen LogP contribution in [0.5, 0.6) is 0 Å². The molecule has 86 valence electrons. The molecule has 1 heterocycles. The Kier molecular flexibility index (Phi) is 3.89. The number of carbonyl (C=O) groups excluding carboxylic acids is 2. The first-order valence-electron chi connectivity index (χ1n) is 5.80. The van der Waals surface area contributed by atoms with Crippen LogP contribution in [-0.4, -0.2) is 29.2 Å². The molecule has 1 amide bonds. The van der Waals surface area contributed by atoms with Gasteiger partial charge in [-0.25, -0.2) is 0 Å². The number of rotatable bonds is 3. The third-order valence-corrected chi connectivity index (χ3v) is 3.31. The molecule has 3 nitrogen and oxygen atoms in total. The Bertz CT molecular complexity index is 260. The Balaban J connectivity index is 2.86. The first kappa shape index (κ1) is 12.2. The Morgan fingerprint density at radius 1 is 1.40 bits per heavy atom. The summed E-state index contributed by atoms with van der Waals surface area (Å²) < 4.78 is 0. The summed E-state index contributed by atoms with van der Waals surface area (Å²) in [4.78, 5) is 25.2. The predicted molar refractivity (Wildman–Crippen MR) is 59.4 cm³/mol. The maximum Gasteiger partial charge on any atom is 0.220 e. The molecule has 1 aliphatic rings. The standard InChI is InChI=1S/C12H21NO2/c1-5-10-6-7-13(9(4)14)11(10)12(15)8(2)3/h8,10-11H,5-7H2,1-4H3/t10-,11+/m1/s1. The van der Waals surface area contributed by atoms with E-state index in [-0.39, 0.29) is 23.7 Å². The number of nitrogens with zero attached hydrogens (tertiary/aromatic N) is 1. The first-order valence-corrected chi connectivity index (χ1v) is 5.80. The minimum Gasteiger partial charge on any atom is -0.333 e. The van der Waals surface area contributed by atoms with Gasteiger partial charge in [-0.05, 0) is 12.3 Å². The van der Waals surface area contributed by atoms with Crippen molar-refractivity contribution in [3.63, 3.8) is 0 Å². The van der Waals surface area contributed by atoms with Gasteiger partial charge in [0.05, 0.1) is 6.04 Å². The van der Waals surface area contributed by atoms with E-state index in [1.165, 1.54) is 0 Å². The van der Waals surface area contributed by atoms with Crippen LogP contribution in [0.2, 0.25) is 0 Å². The minimum atomic E-state index is -0.160. The summed E-state index contributed by atoms with van der Waals surface area (Å²) in [6.45, 7) is 8.21. The zero-order valence-corrected chi connectivity index (χ0v) is 10.1. The fourth-order valence-corrected chi connectivity index (χ4v) is 2.36. The lowest BCUT2D eigenvalue weighted by molar-refractivity contribution is -0.138. The molecule has 0 aliphatic carbocycles. The van der Waals surface area contributed by atoms with Gasteiger partial charge < -0.3 is 4.90 Å². The Labute approximate surface area is 91.8 Å². The molecular formula is C12H21NO2. The molecule has 1 aliphatic heterocycles. The smallest absolute Gasteiger partial charge is 0.220 e. The highest BCUT2D eigenvalue weighted by atomic mass is 16.2. The molecule has 3 heteroatoms. The van der Waals surface area contributed by atoms with Crippen LogP contribution < -0.4 is 0 Å².